The fourth-order valence-corrected chi connectivity index (χ4v) is 0.576. The Hall–Kier alpha value is -1.06. The van der Waals surface area contributed by atoms with Gasteiger partial charge >= 0.3 is 5.76 Å². The minimum absolute atomic E-state index is 0.0255. The Kier molecular flexibility index (Phi) is 1.39. The highest BCUT2D eigenvalue weighted by Crippen LogP contribution is 2.21. The molecule has 1 N–H and O–H groups in total. The molecule has 3 nitrogen and oxygen atoms in total. The van der Waals surface area contributed by atoms with Crippen molar-refractivity contribution in [2.45, 2.75) is 19.5 Å². The number of nitrogens with one attached hydrogen (secondary N) is 1. The topological polar surface area (TPSA) is 46.0 Å². The van der Waals surface area contributed by atoms with Gasteiger partial charge in [0.25, 0.3) is 0 Å². The molecule has 0 bridgehead atoms. The summed E-state index contributed by atoms with van der Waals surface area (Å²) in [5.41, 5.74) is -1.58. The molecule has 0 fully saturated rings. The van der Waals surface area contributed by atoms with Gasteiger partial charge < -0.3 is 4.42 Å². The van der Waals surface area contributed by atoms with Crippen LogP contribution in [-0.2, 0) is 5.67 Å². The molecule has 1 aromatic heterocycles. The fraction of sp³-hybridized carbons (Fsp3) is 0.500. The minimum Gasteiger partial charge on any atom is -0.410 e. The Morgan fingerprint density at radius 1 is 1.70 bits per heavy atom. The highest BCUT2D eigenvalue weighted by atomic mass is 19.1. The molecular weight excluding hydrogens is 137 g/mol. The van der Waals surface area contributed by atoms with Gasteiger partial charge in [-0.2, -0.15) is 0 Å². The molecule has 0 aliphatic rings. The van der Waals surface area contributed by atoms with Crippen LogP contribution in [0.1, 0.15) is 19.6 Å². The molecule has 1 heterocycles. The van der Waals surface area contributed by atoms with Crippen LogP contribution in [0.5, 0.6) is 0 Å². The summed E-state index contributed by atoms with van der Waals surface area (Å²) < 4.78 is 17.3. The van der Waals surface area contributed by atoms with Gasteiger partial charge in [0.1, 0.15) is 0 Å². The van der Waals surface area contributed by atoms with Gasteiger partial charge in [0.05, 0.1) is 0 Å². The minimum atomic E-state index is -1.58. The summed E-state index contributed by atoms with van der Waals surface area (Å²) in [5, 5.41) is 0. The molecule has 0 saturated carbocycles. The SMILES string of the molecule is CC(C)(F)c1c[nH]c(=O)o1. The normalized spacial score (nSPS) is 11.9. The van der Waals surface area contributed by atoms with Crippen LogP contribution in [0.4, 0.5) is 4.39 Å². The highest BCUT2D eigenvalue weighted by Gasteiger charge is 2.22. The third-order valence-electron chi connectivity index (χ3n) is 1.11. The van der Waals surface area contributed by atoms with E-state index >= 15 is 0 Å². The number of alkyl halides is 1. The van der Waals surface area contributed by atoms with Crippen LogP contribution < -0.4 is 5.76 Å². The van der Waals surface area contributed by atoms with Crippen molar-refractivity contribution in [3.63, 3.8) is 0 Å². The summed E-state index contributed by atoms with van der Waals surface area (Å²) in [5.74, 6) is -0.599. The Balaban J connectivity index is 3.07. The van der Waals surface area contributed by atoms with Crippen molar-refractivity contribution in [1.82, 2.24) is 4.98 Å². The van der Waals surface area contributed by atoms with Crippen molar-refractivity contribution >= 4 is 0 Å². The van der Waals surface area contributed by atoms with E-state index in [9.17, 15) is 9.18 Å². The van der Waals surface area contributed by atoms with E-state index in [1.54, 1.807) is 0 Å². The van der Waals surface area contributed by atoms with Crippen LogP contribution in [0.2, 0.25) is 0 Å². The molecule has 0 radical (unpaired) electrons. The van der Waals surface area contributed by atoms with Crippen LogP contribution in [0, 0.1) is 0 Å². The van der Waals surface area contributed by atoms with E-state index in [1.807, 2.05) is 0 Å². The average Bonchev–Trinajstić information content (AvgIpc) is 2.11. The maximum Gasteiger partial charge on any atom is 0.416 e. The van der Waals surface area contributed by atoms with Gasteiger partial charge in [0.2, 0.25) is 0 Å². The Morgan fingerprint density at radius 2 is 2.30 bits per heavy atom. The Bertz CT molecular complexity index is 268. The van der Waals surface area contributed by atoms with Crippen molar-refractivity contribution in [2.75, 3.05) is 0 Å². The van der Waals surface area contributed by atoms with Crippen molar-refractivity contribution in [2.24, 2.45) is 0 Å². The number of aromatic amines is 1. The van der Waals surface area contributed by atoms with Crippen molar-refractivity contribution in [3.8, 4) is 0 Å². The van der Waals surface area contributed by atoms with Crippen LogP contribution >= 0.6 is 0 Å². The van der Waals surface area contributed by atoms with Gasteiger partial charge in [-0.15, -0.1) is 0 Å². The van der Waals surface area contributed by atoms with E-state index in [0.29, 0.717) is 0 Å². The number of halogens is 1. The second-order valence-corrected chi connectivity index (χ2v) is 2.51. The van der Waals surface area contributed by atoms with E-state index in [1.165, 1.54) is 20.0 Å². The number of hydrogen-bond donors (Lipinski definition) is 1. The summed E-state index contributed by atoms with van der Waals surface area (Å²) in [7, 11) is 0. The zero-order valence-electron chi connectivity index (χ0n) is 5.77. The highest BCUT2D eigenvalue weighted by molar-refractivity contribution is 4.99. The van der Waals surface area contributed by atoms with E-state index in [4.69, 9.17) is 0 Å². The second-order valence-electron chi connectivity index (χ2n) is 2.51. The van der Waals surface area contributed by atoms with Gasteiger partial charge in [-0.05, 0) is 13.8 Å². The summed E-state index contributed by atoms with van der Waals surface area (Å²) in [6, 6.07) is 0. The van der Waals surface area contributed by atoms with Crippen LogP contribution in [-0.4, -0.2) is 4.98 Å². The van der Waals surface area contributed by atoms with E-state index in [-0.39, 0.29) is 5.76 Å². The number of H-pyrrole nitrogens is 1. The first-order valence-corrected chi connectivity index (χ1v) is 2.88. The third-order valence-corrected chi connectivity index (χ3v) is 1.11. The monoisotopic (exact) mass is 145 g/mol. The molecule has 1 aromatic rings. The molecule has 0 unspecified atom stereocenters. The lowest BCUT2D eigenvalue weighted by Crippen LogP contribution is -2.07. The van der Waals surface area contributed by atoms with Gasteiger partial charge in [0.15, 0.2) is 11.4 Å². The first-order chi connectivity index (χ1) is 4.50. The smallest absolute Gasteiger partial charge is 0.410 e. The molecule has 0 aromatic carbocycles. The summed E-state index contributed by atoms with van der Waals surface area (Å²) >= 11 is 0. The fourth-order valence-electron chi connectivity index (χ4n) is 0.576. The lowest BCUT2D eigenvalue weighted by Gasteiger charge is -2.07. The molecule has 0 saturated heterocycles. The maximum absolute atomic E-state index is 12.9. The largest absolute Gasteiger partial charge is 0.416 e. The van der Waals surface area contributed by atoms with E-state index in [2.05, 4.69) is 9.40 Å². The van der Waals surface area contributed by atoms with Crippen LogP contribution in [0.25, 0.3) is 0 Å². The number of hydrogen-bond acceptors (Lipinski definition) is 2. The summed E-state index contributed by atoms with van der Waals surface area (Å²) in [6.45, 7) is 2.64. The van der Waals surface area contributed by atoms with E-state index in [0.717, 1.165) is 0 Å². The Labute approximate surface area is 56.9 Å². The Morgan fingerprint density at radius 3 is 2.50 bits per heavy atom. The standard InChI is InChI=1S/C6H8FNO2/c1-6(2,7)4-3-8-5(9)10-4/h3H,1-2H3,(H,8,9). The number of aromatic nitrogens is 1. The van der Waals surface area contributed by atoms with E-state index < -0.39 is 11.4 Å². The predicted octanol–water partition coefficient (Wildman–Crippen LogP) is 1.17. The molecular formula is C6H8FNO2. The molecule has 0 amide bonds. The quantitative estimate of drug-likeness (QED) is 0.644. The van der Waals surface area contributed by atoms with Crippen molar-refractivity contribution in [1.29, 1.82) is 0 Å². The molecule has 4 heteroatoms. The first-order valence-electron chi connectivity index (χ1n) is 2.88. The lowest BCUT2D eigenvalue weighted by atomic mass is 10.1. The first kappa shape index (κ1) is 7.05. The zero-order valence-corrected chi connectivity index (χ0v) is 5.77. The van der Waals surface area contributed by atoms with Gasteiger partial charge in [0, 0.05) is 6.20 Å². The molecule has 0 spiro atoms. The molecule has 0 atom stereocenters. The lowest BCUT2D eigenvalue weighted by molar-refractivity contribution is 0.175. The van der Waals surface area contributed by atoms with Crippen molar-refractivity contribution in [3.05, 3.63) is 22.5 Å². The third kappa shape index (κ3) is 1.26. The predicted molar refractivity (Wildman–Crippen MR) is 33.5 cm³/mol. The molecule has 0 aliphatic heterocycles. The number of rotatable bonds is 1. The molecule has 1 rings (SSSR count). The van der Waals surface area contributed by atoms with Crippen LogP contribution in [0.3, 0.4) is 0 Å². The van der Waals surface area contributed by atoms with Gasteiger partial charge in [-0.3, -0.25) is 4.98 Å². The molecule has 10 heavy (non-hydrogen) atoms. The maximum atomic E-state index is 12.9. The average molecular weight is 145 g/mol. The molecule has 0 aliphatic carbocycles. The zero-order chi connectivity index (χ0) is 7.78. The van der Waals surface area contributed by atoms with Crippen LogP contribution in [0.15, 0.2) is 15.4 Å². The second kappa shape index (κ2) is 1.97. The summed E-state index contributed by atoms with van der Waals surface area (Å²) in [4.78, 5) is 12.6. The number of oxazole rings is 1. The van der Waals surface area contributed by atoms with Gasteiger partial charge in [-0.25, -0.2) is 9.18 Å². The van der Waals surface area contributed by atoms with Crippen molar-refractivity contribution < 1.29 is 8.81 Å². The summed E-state index contributed by atoms with van der Waals surface area (Å²) in [6.07, 6.45) is 1.22. The van der Waals surface area contributed by atoms with Gasteiger partial charge in [-0.1, -0.05) is 0 Å². The molecule has 56 valence electrons.